The van der Waals surface area contributed by atoms with E-state index in [9.17, 15) is 28.7 Å². The minimum Gasteiger partial charge on any atom is -0.312 e. The predicted molar refractivity (Wildman–Crippen MR) is 85.9 cm³/mol. The number of nitrogens with zero attached hydrogens (tertiary/aromatic N) is 1. The number of rotatable bonds is 5. The second kappa shape index (κ2) is 7.24. The molecule has 2 aliphatic rings. The normalized spacial score (nSPS) is 24.6. The molecule has 2 aliphatic carbocycles. The van der Waals surface area contributed by atoms with E-state index in [0.717, 1.165) is 76.2 Å². The molecule has 0 saturated heterocycles. The molecule has 2 rings (SSSR count). The van der Waals surface area contributed by atoms with Gasteiger partial charge in [-0.25, -0.2) is 9.13 Å². The van der Waals surface area contributed by atoms with Gasteiger partial charge in [-0.15, -0.1) is 0 Å². The minimum atomic E-state index is -5.02. The van der Waals surface area contributed by atoms with Gasteiger partial charge in [-0.1, -0.05) is 42.4 Å². The molecule has 0 aliphatic heterocycles. The Morgan fingerprint density at radius 2 is 1.27 bits per heavy atom. The monoisotopic (exact) mass is 373 g/mol. The molecule has 2 saturated carbocycles. The highest BCUT2D eigenvalue weighted by molar-refractivity contribution is 8.07. The summed E-state index contributed by atoms with van der Waals surface area (Å²) in [4.78, 5) is 37.5. The van der Waals surface area contributed by atoms with Crippen LogP contribution in [0, 0.1) is 5.92 Å². The van der Waals surface area contributed by atoms with Crippen molar-refractivity contribution >= 4 is 27.4 Å². The summed E-state index contributed by atoms with van der Waals surface area (Å²) in [5, 5.41) is 0. The number of hydrogen-bond acceptors (Lipinski definition) is 3. The molecule has 130 valence electrons. The van der Waals surface area contributed by atoms with Crippen LogP contribution in [0.2, 0.25) is 0 Å². The third-order valence-corrected chi connectivity index (χ3v) is 10.1. The molecule has 7 nitrogen and oxygen atoms in total. The highest BCUT2D eigenvalue weighted by Gasteiger charge is 2.50. The summed E-state index contributed by atoms with van der Waals surface area (Å²) in [5.41, 5.74) is 0. The molecule has 0 aromatic rings. The Balaban J connectivity index is 2.28. The second-order valence-corrected chi connectivity index (χ2v) is 11.4. The molecule has 0 heterocycles. The van der Waals surface area contributed by atoms with E-state index in [0.29, 0.717) is 0 Å². The first-order chi connectivity index (χ1) is 10.2. The summed E-state index contributed by atoms with van der Waals surface area (Å²) in [6.07, 6.45) is 9.76. The minimum absolute atomic E-state index is 0.0694. The fourth-order valence-electron chi connectivity index (χ4n) is 3.77. The predicted octanol–water partition coefficient (Wildman–Crippen LogP) is 3.41. The molecule has 0 radical (unpaired) electrons. The largest absolute Gasteiger partial charge is 0.422 e. The van der Waals surface area contributed by atoms with Crippen LogP contribution >= 0.6 is 27.4 Å². The van der Waals surface area contributed by atoms with Crippen LogP contribution in [-0.4, -0.2) is 28.2 Å². The molecule has 0 unspecified atom stereocenters. The molecule has 0 atom stereocenters. The molecule has 0 spiro atoms. The van der Waals surface area contributed by atoms with E-state index in [1.54, 1.807) is 0 Å². The maximum Gasteiger partial charge on any atom is 0.422 e. The molecule has 22 heavy (non-hydrogen) atoms. The summed E-state index contributed by atoms with van der Waals surface area (Å²) in [6, 6.07) is 0. The molecule has 0 aromatic carbocycles. The van der Waals surface area contributed by atoms with Gasteiger partial charge in [0.1, 0.15) is 0 Å². The third-order valence-electron chi connectivity index (χ3n) is 4.76. The Bertz CT molecular complexity index is 444. The standard InChI is InChI=1S/C12H25NO6P2S/c14-20(15,16)13(21(17,18)19)22-12(9-5-2-6-10-12)11-7-3-1-4-8-11/h11H,1-10H2,(H2,14,15,16)(H2,17,18,19). The van der Waals surface area contributed by atoms with Crippen LogP contribution in [0.1, 0.15) is 64.2 Å². The highest BCUT2D eigenvalue weighted by atomic mass is 32.2. The summed E-state index contributed by atoms with van der Waals surface area (Å²) in [7, 11) is -10.0. The maximum atomic E-state index is 11.6. The van der Waals surface area contributed by atoms with E-state index in [-0.39, 0.29) is 9.76 Å². The van der Waals surface area contributed by atoms with Gasteiger partial charge in [-0.05, 0) is 43.5 Å². The van der Waals surface area contributed by atoms with Crippen molar-refractivity contribution < 1.29 is 28.7 Å². The lowest BCUT2D eigenvalue weighted by atomic mass is 9.72. The summed E-state index contributed by atoms with van der Waals surface area (Å²) >= 11 is 0.741. The van der Waals surface area contributed by atoms with Crippen LogP contribution in [0.15, 0.2) is 0 Å². The lowest BCUT2D eigenvalue weighted by molar-refractivity contribution is 0.223. The van der Waals surface area contributed by atoms with Crippen LogP contribution in [-0.2, 0) is 9.13 Å². The van der Waals surface area contributed by atoms with Crippen LogP contribution in [0.3, 0.4) is 0 Å². The van der Waals surface area contributed by atoms with E-state index in [2.05, 4.69) is 0 Å². The molecule has 4 N–H and O–H groups in total. The zero-order valence-corrected chi connectivity index (χ0v) is 15.1. The first kappa shape index (κ1) is 18.9. The summed E-state index contributed by atoms with van der Waals surface area (Å²) in [6.45, 7) is 0. The third kappa shape index (κ3) is 4.58. The van der Waals surface area contributed by atoms with Gasteiger partial charge in [0.2, 0.25) is 0 Å². The molecule has 0 amide bonds. The lowest BCUT2D eigenvalue weighted by Gasteiger charge is -2.46. The van der Waals surface area contributed by atoms with E-state index >= 15 is 0 Å². The van der Waals surface area contributed by atoms with Gasteiger partial charge in [-0.2, -0.15) is 0 Å². The molecule has 0 bridgehead atoms. The summed E-state index contributed by atoms with van der Waals surface area (Å²) < 4.78 is 22.8. The maximum absolute atomic E-state index is 11.6. The van der Waals surface area contributed by atoms with Crippen molar-refractivity contribution in [3.8, 4) is 0 Å². The van der Waals surface area contributed by atoms with Gasteiger partial charge in [0.05, 0.1) is 0 Å². The fourth-order valence-corrected chi connectivity index (χ4v) is 8.00. The van der Waals surface area contributed by atoms with E-state index in [1.165, 1.54) is 0 Å². The molecular formula is C12H25NO6P2S. The van der Waals surface area contributed by atoms with Gasteiger partial charge in [0.25, 0.3) is 0 Å². The van der Waals surface area contributed by atoms with Gasteiger partial charge >= 0.3 is 15.5 Å². The zero-order valence-electron chi connectivity index (χ0n) is 12.5. The Kier molecular flexibility index (Phi) is 6.23. The van der Waals surface area contributed by atoms with Crippen LogP contribution in [0.4, 0.5) is 0 Å². The zero-order chi connectivity index (χ0) is 16.4. The topological polar surface area (TPSA) is 118 Å². The van der Waals surface area contributed by atoms with Crippen molar-refractivity contribution in [1.29, 1.82) is 0 Å². The van der Waals surface area contributed by atoms with Crippen molar-refractivity contribution in [2.24, 2.45) is 5.92 Å². The smallest absolute Gasteiger partial charge is 0.312 e. The lowest BCUT2D eigenvalue weighted by Crippen LogP contribution is -2.40. The average Bonchev–Trinajstić information content (AvgIpc) is 2.44. The van der Waals surface area contributed by atoms with Crippen molar-refractivity contribution in [3.05, 3.63) is 0 Å². The summed E-state index contributed by atoms with van der Waals surface area (Å²) in [5.74, 6) is 0.271. The van der Waals surface area contributed by atoms with Crippen LogP contribution in [0.5, 0.6) is 0 Å². The Morgan fingerprint density at radius 3 is 1.73 bits per heavy atom. The molecular weight excluding hydrogens is 348 g/mol. The molecule has 10 heteroatoms. The first-order valence-electron chi connectivity index (χ1n) is 7.76. The molecule has 0 aromatic heterocycles. The van der Waals surface area contributed by atoms with Gasteiger partial charge < -0.3 is 19.6 Å². The van der Waals surface area contributed by atoms with Gasteiger partial charge in [0, 0.05) is 4.75 Å². The van der Waals surface area contributed by atoms with Crippen LogP contribution < -0.4 is 0 Å². The van der Waals surface area contributed by atoms with Crippen molar-refractivity contribution in [1.82, 2.24) is 3.85 Å². The SMILES string of the molecule is O=P(O)(O)N(SC1(C2CCCCC2)CCCCC1)P(=O)(O)O. The van der Waals surface area contributed by atoms with E-state index in [4.69, 9.17) is 0 Å². The second-order valence-electron chi connectivity index (χ2n) is 6.33. The average molecular weight is 373 g/mol. The van der Waals surface area contributed by atoms with E-state index in [1.807, 2.05) is 0 Å². The van der Waals surface area contributed by atoms with E-state index < -0.39 is 20.2 Å². The van der Waals surface area contributed by atoms with Crippen molar-refractivity contribution in [3.63, 3.8) is 0 Å². The highest BCUT2D eigenvalue weighted by Crippen LogP contribution is 2.67. The van der Waals surface area contributed by atoms with Gasteiger partial charge in [0.15, 0.2) is 0 Å². The molecule has 2 fully saturated rings. The Hall–Kier alpha value is 0.610. The Morgan fingerprint density at radius 1 is 0.818 bits per heavy atom. The van der Waals surface area contributed by atoms with Crippen LogP contribution in [0.25, 0.3) is 0 Å². The number of hydrogen-bond donors (Lipinski definition) is 4. The van der Waals surface area contributed by atoms with Crippen molar-refractivity contribution in [2.45, 2.75) is 69.0 Å². The fraction of sp³-hybridized carbons (Fsp3) is 1.00. The Labute approximate surface area is 135 Å². The quantitative estimate of drug-likeness (QED) is 0.428. The van der Waals surface area contributed by atoms with Crippen molar-refractivity contribution in [2.75, 3.05) is 0 Å². The first-order valence-corrected chi connectivity index (χ1v) is 11.7. The van der Waals surface area contributed by atoms with Gasteiger partial charge in [-0.3, -0.25) is 0 Å².